The van der Waals surface area contributed by atoms with Gasteiger partial charge in [0.15, 0.2) is 5.82 Å². The Morgan fingerprint density at radius 2 is 0.925 bits per heavy atom. The number of rotatable bonds is 4. The quantitative estimate of drug-likeness (QED) is 0.186. The van der Waals surface area contributed by atoms with Crippen molar-refractivity contribution in [3.63, 3.8) is 0 Å². The van der Waals surface area contributed by atoms with Crippen LogP contribution in [0.3, 0.4) is 0 Å². The fraction of sp³-hybridized carbons (Fsp3) is 0.0196. The monoisotopic (exact) mass is 672 g/mol. The first-order chi connectivity index (χ1) is 26.3. The number of fused-ring (bicyclic) bond motifs is 12. The van der Waals surface area contributed by atoms with Gasteiger partial charge in [0, 0.05) is 16.7 Å². The van der Waals surface area contributed by atoms with E-state index in [1.165, 1.54) is 60.8 Å². The van der Waals surface area contributed by atoms with E-state index >= 15 is 0 Å². The fourth-order valence-corrected chi connectivity index (χ4v) is 9.12. The average Bonchev–Trinajstić information content (AvgIpc) is 3.72. The maximum Gasteiger partial charge on any atom is 0.160 e. The van der Waals surface area contributed by atoms with Crippen LogP contribution in [0, 0.1) is 0 Å². The average molecular weight is 673 g/mol. The Kier molecular flexibility index (Phi) is 6.50. The lowest BCUT2D eigenvalue weighted by atomic mass is 9.69. The molecule has 2 aliphatic carbocycles. The van der Waals surface area contributed by atoms with Crippen LogP contribution in [0.1, 0.15) is 22.3 Å². The van der Waals surface area contributed by atoms with Crippen LogP contribution in [0.25, 0.3) is 78.1 Å². The molecule has 1 unspecified atom stereocenters. The third kappa shape index (κ3) is 4.33. The van der Waals surface area contributed by atoms with Gasteiger partial charge in [-0.1, -0.05) is 182 Å². The molecule has 0 bridgehead atoms. The van der Waals surface area contributed by atoms with Gasteiger partial charge in [0.25, 0.3) is 0 Å². The van der Waals surface area contributed by atoms with Crippen LogP contribution in [0.2, 0.25) is 0 Å². The van der Waals surface area contributed by atoms with E-state index in [9.17, 15) is 0 Å². The predicted octanol–water partition coefficient (Wildman–Crippen LogP) is 12.6. The molecular weight excluding hydrogens is 641 g/mol. The summed E-state index contributed by atoms with van der Waals surface area (Å²) in [6.45, 7) is 0. The van der Waals surface area contributed by atoms with Crippen LogP contribution in [-0.4, -0.2) is 9.97 Å². The van der Waals surface area contributed by atoms with Gasteiger partial charge in [0.2, 0.25) is 0 Å². The standard InChI is InChI=1S/C51H32N2/c1-3-15-33(16-4-1)36-20-13-21-37(31-36)46-32-47(53-50(52-46)35-18-5-2-6-19-35)42-25-14-28-45-48(42)41-24-10-12-27-44(41)51(45)43-26-11-9-23-39(43)40-30-29-34-17-7-8-22-38(34)49(40)51/h1-32H. The summed E-state index contributed by atoms with van der Waals surface area (Å²) in [5.41, 5.74) is 17.2. The Morgan fingerprint density at radius 1 is 0.340 bits per heavy atom. The molecule has 0 N–H and O–H groups in total. The zero-order valence-electron chi connectivity index (χ0n) is 28.9. The van der Waals surface area contributed by atoms with Gasteiger partial charge in [-0.05, 0) is 78.5 Å². The SMILES string of the molecule is c1ccc(-c2cccc(-c3cc(-c4cccc5c4-c4ccccc4C54c5ccccc5-c5ccc6ccccc6c54)nc(-c4ccccc4)n3)c2)cc1. The minimum atomic E-state index is -0.475. The molecule has 1 aromatic heterocycles. The zero-order valence-corrected chi connectivity index (χ0v) is 28.9. The van der Waals surface area contributed by atoms with Crippen LogP contribution in [0.4, 0.5) is 0 Å². The largest absolute Gasteiger partial charge is 0.228 e. The van der Waals surface area contributed by atoms with Crippen molar-refractivity contribution < 1.29 is 0 Å². The van der Waals surface area contributed by atoms with Crippen molar-refractivity contribution in [1.29, 1.82) is 0 Å². The van der Waals surface area contributed by atoms with Gasteiger partial charge < -0.3 is 0 Å². The number of hydrogen-bond donors (Lipinski definition) is 0. The van der Waals surface area contributed by atoms with Gasteiger partial charge >= 0.3 is 0 Å². The molecule has 1 spiro atoms. The molecule has 0 amide bonds. The predicted molar refractivity (Wildman–Crippen MR) is 218 cm³/mol. The summed E-state index contributed by atoms with van der Waals surface area (Å²) in [6.07, 6.45) is 0. The van der Waals surface area contributed by atoms with Crippen LogP contribution in [0.5, 0.6) is 0 Å². The lowest BCUT2D eigenvalue weighted by Gasteiger charge is -2.31. The summed E-state index contributed by atoms with van der Waals surface area (Å²) in [5.74, 6) is 0.712. The maximum absolute atomic E-state index is 5.37. The molecule has 0 saturated carbocycles. The normalized spacial score (nSPS) is 14.9. The minimum Gasteiger partial charge on any atom is -0.228 e. The second kappa shape index (κ2) is 11.6. The van der Waals surface area contributed by atoms with E-state index in [2.05, 4.69) is 188 Å². The number of nitrogens with zero attached hydrogens (tertiary/aromatic N) is 2. The van der Waals surface area contributed by atoms with E-state index in [4.69, 9.17) is 9.97 Å². The maximum atomic E-state index is 5.37. The molecule has 2 aliphatic rings. The van der Waals surface area contributed by atoms with Gasteiger partial charge in [-0.2, -0.15) is 0 Å². The smallest absolute Gasteiger partial charge is 0.160 e. The molecule has 1 heterocycles. The first kappa shape index (κ1) is 29.8. The number of benzene rings is 8. The third-order valence-corrected chi connectivity index (χ3v) is 11.3. The van der Waals surface area contributed by atoms with Crippen molar-refractivity contribution in [3.05, 3.63) is 216 Å². The topological polar surface area (TPSA) is 25.8 Å². The van der Waals surface area contributed by atoms with Crippen molar-refractivity contribution in [2.45, 2.75) is 5.41 Å². The molecule has 11 rings (SSSR count). The molecule has 8 aromatic carbocycles. The van der Waals surface area contributed by atoms with Crippen LogP contribution in [-0.2, 0) is 5.41 Å². The lowest BCUT2D eigenvalue weighted by molar-refractivity contribution is 0.801. The minimum absolute atomic E-state index is 0.475. The molecule has 53 heavy (non-hydrogen) atoms. The highest BCUT2D eigenvalue weighted by Crippen LogP contribution is 2.65. The van der Waals surface area contributed by atoms with Crippen molar-refractivity contribution in [1.82, 2.24) is 9.97 Å². The first-order valence-electron chi connectivity index (χ1n) is 18.3. The van der Waals surface area contributed by atoms with Gasteiger partial charge in [0.05, 0.1) is 16.8 Å². The van der Waals surface area contributed by atoms with Crippen LogP contribution >= 0.6 is 0 Å². The van der Waals surface area contributed by atoms with E-state index in [1.807, 2.05) is 6.07 Å². The Hall–Kier alpha value is -6.90. The van der Waals surface area contributed by atoms with E-state index in [1.54, 1.807) is 0 Å². The highest BCUT2D eigenvalue weighted by Gasteiger charge is 2.52. The molecule has 2 nitrogen and oxygen atoms in total. The molecule has 9 aromatic rings. The number of hydrogen-bond acceptors (Lipinski definition) is 2. The Labute approximate surface area is 308 Å². The summed E-state index contributed by atoms with van der Waals surface area (Å²) in [4.78, 5) is 10.6. The van der Waals surface area contributed by atoms with Gasteiger partial charge in [-0.25, -0.2) is 9.97 Å². The van der Waals surface area contributed by atoms with Gasteiger partial charge in [-0.3, -0.25) is 0 Å². The molecule has 1 atom stereocenters. The highest BCUT2D eigenvalue weighted by molar-refractivity contribution is 6.05. The molecule has 2 heteroatoms. The number of aromatic nitrogens is 2. The molecular formula is C51H32N2. The van der Waals surface area contributed by atoms with Crippen molar-refractivity contribution in [2.24, 2.45) is 0 Å². The Morgan fingerprint density at radius 3 is 1.75 bits per heavy atom. The Bertz CT molecular complexity index is 2890. The molecule has 0 fully saturated rings. The van der Waals surface area contributed by atoms with Crippen molar-refractivity contribution in [3.8, 4) is 67.3 Å². The van der Waals surface area contributed by atoms with Crippen molar-refractivity contribution in [2.75, 3.05) is 0 Å². The van der Waals surface area contributed by atoms with Crippen LogP contribution in [0.15, 0.2) is 194 Å². The molecule has 0 aliphatic heterocycles. The van der Waals surface area contributed by atoms with Crippen molar-refractivity contribution >= 4 is 10.8 Å². The highest BCUT2D eigenvalue weighted by atomic mass is 14.9. The second-order valence-electron chi connectivity index (χ2n) is 14.1. The fourth-order valence-electron chi connectivity index (χ4n) is 9.12. The lowest BCUT2D eigenvalue weighted by Crippen LogP contribution is -2.26. The van der Waals surface area contributed by atoms with E-state index in [0.717, 1.165) is 33.6 Å². The molecule has 246 valence electrons. The summed E-state index contributed by atoms with van der Waals surface area (Å²) in [7, 11) is 0. The first-order valence-corrected chi connectivity index (χ1v) is 18.3. The zero-order chi connectivity index (χ0) is 34.9. The summed E-state index contributed by atoms with van der Waals surface area (Å²) in [6, 6.07) is 70.2. The summed E-state index contributed by atoms with van der Waals surface area (Å²) < 4.78 is 0. The van der Waals surface area contributed by atoms with E-state index in [-0.39, 0.29) is 0 Å². The summed E-state index contributed by atoms with van der Waals surface area (Å²) in [5, 5.41) is 2.55. The summed E-state index contributed by atoms with van der Waals surface area (Å²) >= 11 is 0. The van der Waals surface area contributed by atoms with E-state index < -0.39 is 5.41 Å². The Balaban J connectivity index is 1.20. The molecule has 0 saturated heterocycles. The molecule has 0 radical (unpaired) electrons. The van der Waals surface area contributed by atoms with E-state index in [0.29, 0.717) is 5.82 Å². The van der Waals surface area contributed by atoms with Gasteiger partial charge in [-0.15, -0.1) is 0 Å². The second-order valence-corrected chi connectivity index (χ2v) is 14.1. The third-order valence-electron chi connectivity index (χ3n) is 11.3. The van der Waals surface area contributed by atoms with Gasteiger partial charge in [0.1, 0.15) is 0 Å². The van der Waals surface area contributed by atoms with Crippen LogP contribution < -0.4 is 0 Å².